The Labute approximate surface area is 107 Å². The van der Waals surface area contributed by atoms with Crippen LogP contribution >= 0.6 is 0 Å². The minimum Gasteiger partial charge on any atom is -0.206 e. The minimum absolute atomic E-state index is 0.126. The van der Waals surface area contributed by atoms with Crippen LogP contribution in [-0.2, 0) is 0 Å². The summed E-state index contributed by atoms with van der Waals surface area (Å²) >= 11 is 0. The van der Waals surface area contributed by atoms with E-state index in [0.717, 1.165) is 24.3 Å². The molecule has 0 heterocycles. The summed E-state index contributed by atoms with van der Waals surface area (Å²) in [5, 5.41) is 17.3. The topological polar surface area (TPSA) is 47.6 Å². The molecule has 0 atom stereocenters. The second-order valence-electron chi connectivity index (χ2n) is 3.71. The molecule has 2 aromatic rings. The molecule has 0 bridgehead atoms. The third-order valence-corrected chi connectivity index (χ3v) is 2.59. The molecule has 0 radical (unpaired) electrons. The van der Waals surface area contributed by atoms with Crippen LogP contribution in [-0.4, -0.2) is 0 Å². The molecule has 92 valence electrons. The molecular weight excluding hydrogens is 253 g/mol. The Morgan fingerprint density at radius 3 is 2.16 bits per heavy atom. The number of benzene rings is 2. The fraction of sp³-hybridized carbons (Fsp3) is 0. The molecule has 0 aliphatic heterocycles. The molecule has 0 fully saturated rings. The van der Waals surface area contributed by atoms with Gasteiger partial charge in [0.1, 0.15) is 11.9 Å². The molecule has 0 N–H and O–H groups in total. The molecule has 0 unspecified atom stereocenters. The first-order valence-electron chi connectivity index (χ1n) is 5.16. The van der Waals surface area contributed by atoms with Crippen molar-refractivity contribution in [3.63, 3.8) is 0 Å². The maximum Gasteiger partial charge on any atom is 0.177 e. The molecule has 2 nitrogen and oxygen atoms in total. The monoisotopic (exact) mass is 258 g/mol. The predicted octanol–water partition coefficient (Wildman–Crippen LogP) is 3.51. The van der Waals surface area contributed by atoms with E-state index in [0.29, 0.717) is 0 Å². The average Bonchev–Trinajstić information content (AvgIpc) is 2.43. The van der Waals surface area contributed by atoms with Gasteiger partial charge in [0.15, 0.2) is 11.6 Å². The second kappa shape index (κ2) is 4.83. The lowest BCUT2D eigenvalue weighted by molar-refractivity contribution is 0.508. The van der Waals surface area contributed by atoms with Gasteiger partial charge in [0, 0.05) is 11.1 Å². The van der Waals surface area contributed by atoms with E-state index in [2.05, 4.69) is 0 Å². The van der Waals surface area contributed by atoms with Crippen LogP contribution in [0.25, 0.3) is 11.1 Å². The van der Waals surface area contributed by atoms with Crippen molar-refractivity contribution in [2.45, 2.75) is 0 Å². The zero-order valence-corrected chi connectivity index (χ0v) is 9.42. The highest BCUT2D eigenvalue weighted by Gasteiger charge is 2.17. The van der Waals surface area contributed by atoms with Crippen LogP contribution in [0.4, 0.5) is 13.2 Å². The molecule has 0 spiro atoms. The van der Waals surface area contributed by atoms with Crippen molar-refractivity contribution in [3.05, 3.63) is 58.9 Å². The summed E-state index contributed by atoms with van der Waals surface area (Å²) in [6, 6.07) is 8.81. The largest absolute Gasteiger partial charge is 0.206 e. The van der Waals surface area contributed by atoms with Crippen molar-refractivity contribution in [1.82, 2.24) is 0 Å². The summed E-state index contributed by atoms with van der Waals surface area (Å²) < 4.78 is 40.9. The van der Waals surface area contributed by atoms with Gasteiger partial charge in [-0.2, -0.15) is 10.5 Å². The fourth-order valence-corrected chi connectivity index (χ4v) is 1.65. The SMILES string of the molecule is N#Cc1ccc(F)c(-c2ccc(C#N)c(F)c2F)c1. The number of hydrogen-bond donors (Lipinski definition) is 0. The highest BCUT2D eigenvalue weighted by molar-refractivity contribution is 5.67. The highest BCUT2D eigenvalue weighted by Crippen LogP contribution is 2.29. The molecule has 5 heteroatoms. The summed E-state index contributed by atoms with van der Waals surface area (Å²) in [5.74, 6) is -3.42. The van der Waals surface area contributed by atoms with Gasteiger partial charge in [-0.25, -0.2) is 13.2 Å². The first-order chi connectivity index (χ1) is 9.08. The van der Waals surface area contributed by atoms with Crippen molar-refractivity contribution in [2.24, 2.45) is 0 Å². The van der Waals surface area contributed by atoms with Crippen molar-refractivity contribution < 1.29 is 13.2 Å². The maximum absolute atomic E-state index is 13.8. The van der Waals surface area contributed by atoms with Crippen LogP contribution in [0.3, 0.4) is 0 Å². The molecular formula is C14H5F3N2. The van der Waals surface area contributed by atoms with Crippen LogP contribution in [0, 0.1) is 40.1 Å². The zero-order chi connectivity index (χ0) is 14.0. The highest BCUT2D eigenvalue weighted by atomic mass is 19.2. The second-order valence-corrected chi connectivity index (χ2v) is 3.71. The van der Waals surface area contributed by atoms with Gasteiger partial charge in [-0.3, -0.25) is 0 Å². The van der Waals surface area contributed by atoms with Gasteiger partial charge >= 0.3 is 0 Å². The molecule has 0 aliphatic rings. The zero-order valence-electron chi connectivity index (χ0n) is 9.42. The Morgan fingerprint density at radius 1 is 0.789 bits per heavy atom. The minimum atomic E-state index is -1.33. The molecule has 0 saturated heterocycles. The quantitative estimate of drug-likeness (QED) is 0.785. The van der Waals surface area contributed by atoms with E-state index in [1.165, 1.54) is 12.1 Å². The van der Waals surface area contributed by atoms with Crippen molar-refractivity contribution in [3.8, 4) is 23.3 Å². The van der Waals surface area contributed by atoms with Crippen molar-refractivity contribution >= 4 is 0 Å². The van der Waals surface area contributed by atoms with E-state index < -0.39 is 23.0 Å². The van der Waals surface area contributed by atoms with E-state index in [4.69, 9.17) is 10.5 Å². The van der Waals surface area contributed by atoms with Crippen LogP contribution in [0.2, 0.25) is 0 Å². The van der Waals surface area contributed by atoms with E-state index in [1.807, 2.05) is 0 Å². The lowest BCUT2D eigenvalue weighted by Crippen LogP contribution is -1.96. The van der Waals surface area contributed by atoms with Crippen molar-refractivity contribution in [1.29, 1.82) is 10.5 Å². The maximum atomic E-state index is 13.8. The molecule has 0 saturated carbocycles. The number of halogens is 3. The summed E-state index contributed by atoms with van der Waals surface area (Å²) in [6.07, 6.45) is 0. The summed E-state index contributed by atoms with van der Waals surface area (Å²) in [6.45, 7) is 0. The standard InChI is InChI=1S/C14H5F3N2/c15-12-4-1-8(6-18)5-11(12)10-3-2-9(7-19)13(16)14(10)17/h1-5H. The number of nitrogens with zero attached hydrogens (tertiary/aromatic N) is 2. The number of hydrogen-bond acceptors (Lipinski definition) is 2. The van der Waals surface area contributed by atoms with Crippen molar-refractivity contribution in [2.75, 3.05) is 0 Å². The molecule has 19 heavy (non-hydrogen) atoms. The van der Waals surface area contributed by atoms with Crippen LogP contribution in [0.5, 0.6) is 0 Å². The van der Waals surface area contributed by atoms with Crippen LogP contribution in [0.15, 0.2) is 30.3 Å². The lowest BCUT2D eigenvalue weighted by Gasteiger charge is -2.07. The van der Waals surface area contributed by atoms with Gasteiger partial charge in [0.2, 0.25) is 0 Å². The van der Waals surface area contributed by atoms with Crippen LogP contribution in [0.1, 0.15) is 11.1 Å². The van der Waals surface area contributed by atoms with Gasteiger partial charge in [0.05, 0.1) is 17.2 Å². The van der Waals surface area contributed by atoms with Crippen LogP contribution < -0.4 is 0 Å². The van der Waals surface area contributed by atoms with E-state index in [-0.39, 0.29) is 16.7 Å². The Bertz CT molecular complexity index is 740. The van der Waals surface area contributed by atoms with Gasteiger partial charge in [-0.15, -0.1) is 0 Å². The Morgan fingerprint density at radius 2 is 1.53 bits per heavy atom. The Balaban J connectivity index is 2.71. The first-order valence-corrected chi connectivity index (χ1v) is 5.16. The van der Waals surface area contributed by atoms with E-state index in [1.54, 1.807) is 6.07 Å². The summed E-state index contributed by atoms with van der Waals surface area (Å²) in [4.78, 5) is 0. The predicted molar refractivity (Wildman–Crippen MR) is 61.2 cm³/mol. The van der Waals surface area contributed by atoms with Gasteiger partial charge in [0.25, 0.3) is 0 Å². The normalized spacial score (nSPS) is 9.74. The molecule has 0 aromatic heterocycles. The molecule has 0 aliphatic carbocycles. The Hall–Kier alpha value is -2.79. The Kier molecular flexibility index (Phi) is 3.22. The van der Waals surface area contributed by atoms with Gasteiger partial charge in [-0.1, -0.05) is 0 Å². The molecule has 0 amide bonds. The molecule has 2 aromatic carbocycles. The lowest BCUT2D eigenvalue weighted by atomic mass is 10.0. The third-order valence-electron chi connectivity index (χ3n) is 2.59. The first kappa shape index (κ1) is 12.7. The fourth-order valence-electron chi connectivity index (χ4n) is 1.65. The third kappa shape index (κ3) is 2.14. The van der Waals surface area contributed by atoms with E-state index >= 15 is 0 Å². The number of nitriles is 2. The number of rotatable bonds is 1. The molecule has 2 rings (SSSR count). The smallest absolute Gasteiger partial charge is 0.177 e. The average molecular weight is 258 g/mol. The van der Waals surface area contributed by atoms with Gasteiger partial charge in [-0.05, 0) is 30.3 Å². The van der Waals surface area contributed by atoms with Gasteiger partial charge < -0.3 is 0 Å². The van der Waals surface area contributed by atoms with E-state index in [9.17, 15) is 13.2 Å². The summed E-state index contributed by atoms with van der Waals surface area (Å²) in [7, 11) is 0. The summed E-state index contributed by atoms with van der Waals surface area (Å²) in [5.41, 5.74) is -0.885.